The number of carbonyl (C=O) groups excluding carboxylic acids is 1. The highest BCUT2D eigenvalue weighted by molar-refractivity contribution is 5.79. The van der Waals surface area contributed by atoms with E-state index >= 15 is 0 Å². The summed E-state index contributed by atoms with van der Waals surface area (Å²) in [6.07, 6.45) is 0. The molecule has 4 rings (SSSR count). The maximum Gasteiger partial charge on any atom is 0.336 e. The molecule has 0 aliphatic carbocycles. The smallest absolute Gasteiger partial charge is 0.336 e. The van der Waals surface area contributed by atoms with Crippen molar-refractivity contribution in [2.75, 3.05) is 26.9 Å². The molecule has 0 atom stereocenters. The normalized spacial score (nSPS) is 12.6. The molecular formula is C21H19NO6. The molecule has 7 nitrogen and oxygen atoms in total. The van der Waals surface area contributed by atoms with Gasteiger partial charge in [-0.15, -0.1) is 0 Å². The summed E-state index contributed by atoms with van der Waals surface area (Å²) in [7, 11) is 1.71. The Morgan fingerprint density at radius 1 is 1.04 bits per heavy atom. The quantitative estimate of drug-likeness (QED) is 0.632. The molecule has 0 spiro atoms. The fourth-order valence-corrected chi connectivity index (χ4v) is 2.93. The molecule has 0 saturated carbocycles. The molecule has 2 aromatic carbocycles. The first-order valence-electron chi connectivity index (χ1n) is 8.88. The van der Waals surface area contributed by atoms with Crippen molar-refractivity contribution < 1.29 is 23.4 Å². The zero-order valence-corrected chi connectivity index (χ0v) is 15.3. The molecule has 1 amide bonds. The van der Waals surface area contributed by atoms with Gasteiger partial charge in [0.15, 0.2) is 18.1 Å². The van der Waals surface area contributed by atoms with Crippen LogP contribution in [0.2, 0.25) is 0 Å². The third-order valence-corrected chi connectivity index (χ3v) is 4.41. The molecular weight excluding hydrogens is 362 g/mol. The third-order valence-electron chi connectivity index (χ3n) is 4.41. The van der Waals surface area contributed by atoms with Gasteiger partial charge in [0.25, 0.3) is 5.91 Å². The van der Waals surface area contributed by atoms with Crippen LogP contribution >= 0.6 is 0 Å². The number of benzene rings is 2. The van der Waals surface area contributed by atoms with Gasteiger partial charge in [-0.05, 0) is 35.9 Å². The fourth-order valence-electron chi connectivity index (χ4n) is 2.93. The number of hydrogen-bond acceptors (Lipinski definition) is 6. The molecule has 0 radical (unpaired) electrons. The Labute approximate surface area is 161 Å². The number of hydrogen-bond donors (Lipinski definition) is 0. The van der Waals surface area contributed by atoms with E-state index < -0.39 is 5.63 Å². The Hall–Kier alpha value is -3.48. The molecule has 1 aliphatic heterocycles. The second-order valence-corrected chi connectivity index (χ2v) is 6.47. The number of carbonyl (C=O) groups is 1. The number of ether oxygens (including phenoxy) is 3. The van der Waals surface area contributed by atoms with Gasteiger partial charge in [0.1, 0.15) is 24.5 Å². The molecule has 1 aromatic heterocycles. The Bertz CT molecular complexity index is 1070. The predicted molar refractivity (Wildman–Crippen MR) is 102 cm³/mol. The van der Waals surface area contributed by atoms with Crippen LogP contribution in [0.3, 0.4) is 0 Å². The van der Waals surface area contributed by atoms with Crippen molar-refractivity contribution in [3.8, 4) is 17.2 Å². The summed E-state index contributed by atoms with van der Waals surface area (Å²) in [5.74, 6) is 1.70. The number of likely N-dealkylation sites (N-methyl/N-ethyl adjacent to an activating group) is 1. The minimum Gasteiger partial charge on any atom is -0.486 e. The monoisotopic (exact) mass is 381 g/mol. The average Bonchev–Trinajstić information content (AvgIpc) is 2.71. The van der Waals surface area contributed by atoms with E-state index in [1.165, 1.54) is 6.07 Å². The van der Waals surface area contributed by atoms with E-state index in [4.69, 9.17) is 18.6 Å². The van der Waals surface area contributed by atoms with Crippen molar-refractivity contribution in [2.24, 2.45) is 0 Å². The largest absolute Gasteiger partial charge is 0.486 e. The standard InChI is InChI=1S/C21H19NO6/c1-22(12-14-2-6-17-19(10-14)26-9-8-25-17)20(23)13-27-16-5-3-15-4-7-21(24)28-18(15)11-16/h2-7,10-11H,8-9,12-13H2,1H3. The summed E-state index contributed by atoms with van der Waals surface area (Å²) in [4.78, 5) is 25.3. The Morgan fingerprint density at radius 3 is 2.68 bits per heavy atom. The molecule has 3 aromatic rings. The van der Waals surface area contributed by atoms with Gasteiger partial charge < -0.3 is 23.5 Å². The Balaban J connectivity index is 1.37. The van der Waals surface area contributed by atoms with Crippen LogP contribution in [0, 0.1) is 0 Å². The molecule has 144 valence electrons. The summed E-state index contributed by atoms with van der Waals surface area (Å²) in [5, 5.41) is 0.786. The highest BCUT2D eigenvalue weighted by Gasteiger charge is 2.15. The number of fused-ring (bicyclic) bond motifs is 2. The summed E-state index contributed by atoms with van der Waals surface area (Å²) in [6, 6.07) is 13.8. The second-order valence-electron chi connectivity index (χ2n) is 6.47. The van der Waals surface area contributed by atoms with Crippen LogP contribution in [0.25, 0.3) is 11.0 Å². The Kier molecular flexibility index (Phi) is 4.89. The van der Waals surface area contributed by atoms with Gasteiger partial charge in [0.05, 0.1) is 0 Å². The van der Waals surface area contributed by atoms with Gasteiger partial charge in [-0.2, -0.15) is 0 Å². The summed E-state index contributed by atoms with van der Waals surface area (Å²) >= 11 is 0. The molecule has 7 heteroatoms. The SMILES string of the molecule is CN(Cc1ccc2c(c1)OCCO2)C(=O)COc1ccc2ccc(=O)oc2c1. The van der Waals surface area contributed by atoms with E-state index in [-0.39, 0.29) is 12.5 Å². The maximum atomic E-state index is 12.4. The minimum atomic E-state index is -0.431. The molecule has 28 heavy (non-hydrogen) atoms. The zero-order chi connectivity index (χ0) is 19.5. The fraction of sp³-hybridized carbons (Fsp3) is 0.238. The van der Waals surface area contributed by atoms with E-state index in [0.717, 1.165) is 16.7 Å². The Morgan fingerprint density at radius 2 is 1.82 bits per heavy atom. The van der Waals surface area contributed by atoms with Crippen molar-refractivity contribution in [3.63, 3.8) is 0 Å². The van der Waals surface area contributed by atoms with Gasteiger partial charge >= 0.3 is 5.63 Å². The van der Waals surface area contributed by atoms with Crippen LogP contribution in [0.5, 0.6) is 17.2 Å². The molecule has 1 aliphatic rings. The topological polar surface area (TPSA) is 78.2 Å². The van der Waals surface area contributed by atoms with Gasteiger partial charge in [-0.3, -0.25) is 4.79 Å². The highest BCUT2D eigenvalue weighted by atomic mass is 16.6. The van der Waals surface area contributed by atoms with Crippen LogP contribution in [-0.4, -0.2) is 37.7 Å². The van der Waals surface area contributed by atoms with Crippen molar-refractivity contribution in [2.45, 2.75) is 6.54 Å². The van der Waals surface area contributed by atoms with E-state index in [0.29, 0.717) is 36.8 Å². The van der Waals surface area contributed by atoms with Crippen LogP contribution in [-0.2, 0) is 11.3 Å². The van der Waals surface area contributed by atoms with Crippen molar-refractivity contribution in [1.29, 1.82) is 0 Å². The number of nitrogens with zero attached hydrogens (tertiary/aromatic N) is 1. The van der Waals surface area contributed by atoms with E-state index in [1.807, 2.05) is 18.2 Å². The van der Waals surface area contributed by atoms with Crippen LogP contribution < -0.4 is 19.8 Å². The first-order valence-corrected chi connectivity index (χ1v) is 8.88. The molecule has 0 fully saturated rings. The lowest BCUT2D eigenvalue weighted by Crippen LogP contribution is -2.31. The van der Waals surface area contributed by atoms with Crippen molar-refractivity contribution in [1.82, 2.24) is 4.90 Å². The number of rotatable bonds is 5. The van der Waals surface area contributed by atoms with E-state index in [9.17, 15) is 9.59 Å². The maximum absolute atomic E-state index is 12.4. The molecule has 2 heterocycles. The lowest BCUT2D eigenvalue weighted by atomic mass is 10.2. The molecule has 0 bridgehead atoms. The average molecular weight is 381 g/mol. The van der Waals surface area contributed by atoms with Crippen LogP contribution in [0.15, 0.2) is 57.7 Å². The van der Waals surface area contributed by atoms with Gasteiger partial charge in [-0.25, -0.2) is 4.79 Å². The number of amides is 1. The predicted octanol–water partition coefficient (Wildman–Crippen LogP) is 2.60. The van der Waals surface area contributed by atoms with Gasteiger partial charge in [0.2, 0.25) is 0 Å². The molecule has 0 saturated heterocycles. The van der Waals surface area contributed by atoms with Crippen molar-refractivity contribution >= 4 is 16.9 Å². The van der Waals surface area contributed by atoms with Gasteiger partial charge in [-0.1, -0.05) is 6.07 Å². The van der Waals surface area contributed by atoms with Crippen molar-refractivity contribution in [3.05, 3.63) is 64.5 Å². The first-order chi connectivity index (χ1) is 13.6. The van der Waals surface area contributed by atoms with E-state index in [2.05, 4.69) is 0 Å². The van der Waals surface area contributed by atoms with Gasteiger partial charge in [0, 0.05) is 31.1 Å². The zero-order valence-electron chi connectivity index (χ0n) is 15.3. The highest BCUT2D eigenvalue weighted by Crippen LogP contribution is 2.31. The van der Waals surface area contributed by atoms with E-state index in [1.54, 1.807) is 36.2 Å². The summed E-state index contributed by atoms with van der Waals surface area (Å²) < 4.78 is 21.8. The molecule has 0 N–H and O–H groups in total. The summed E-state index contributed by atoms with van der Waals surface area (Å²) in [6.45, 7) is 1.36. The summed E-state index contributed by atoms with van der Waals surface area (Å²) in [5.41, 5.74) is 0.926. The lowest BCUT2D eigenvalue weighted by Gasteiger charge is -2.21. The third kappa shape index (κ3) is 3.93. The second kappa shape index (κ2) is 7.64. The molecule has 0 unspecified atom stereocenters. The first kappa shape index (κ1) is 17.9. The lowest BCUT2D eigenvalue weighted by molar-refractivity contribution is -0.132. The van der Waals surface area contributed by atoms with Crippen LogP contribution in [0.4, 0.5) is 0 Å². The van der Waals surface area contributed by atoms with Crippen LogP contribution in [0.1, 0.15) is 5.56 Å². The minimum absolute atomic E-state index is 0.121.